The van der Waals surface area contributed by atoms with Crippen molar-refractivity contribution < 1.29 is 12.8 Å². The third-order valence-electron chi connectivity index (χ3n) is 6.35. The summed E-state index contributed by atoms with van der Waals surface area (Å²) in [6.07, 6.45) is 0. The summed E-state index contributed by atoms with van der Waals surface area (Å²) in [7, 11) is -3.51. The quantitative estimate of drug-likeness (QED) is 0.544. The van der Waals surface area contributed by atoms with E-state index in [1.807, 2.05) is 32.0 Å². The van der Waals surface area contributed by atoms with Gasteiger partial charge in [0.1, 0.15) is 5.58 Å². The van der Waals surface area contributed by atoms with Gasteiger partial charge in [-0.15, -0.1) is 0 Å². The molecule has 0 amide bonds. The monoisotopic (exact) mass is 454 g/mol. The maximum absolute atomic E-state index is 13.1. The molecule has 0 aliphatic carbocycles. The van der Waals surface area contributed by atoms with Crippen molar-refractivity contribution in [1.29, 1.82) is 0 Å². The molecule has 170 valence electrons. The van der Waals surface area contributed by atoms with Crippen LogP contribution in [0.15, 0.2) is 56.6 Å². The van der Waals surface area contributed by atoms with Crippen molar-refractivity contribution in [2.75, 3.05) is 26.2 Å². The maximum atomic E-state index is 13.1. The first kappa shape index (κ1) is 22.7. The van der Waals surface area contributed by atoms with Crippen molar-refractivity contribution in [2.24, 2.45) is 0 Å². The van der Waals surface area contributed by atoms with Crippen LogP contribution in [0.25, 0.3) is 11.0 Å². The highest BCUT2D eigenvalue weighted by Crippen LogP contribution is 2.25. The zero-order chi connectivity index (χ0) is 23.0. The van der Waals surface area contributed by atoms with Gasteiger partial charge in [-0.3, -0.25) is 4.90 Å². The molecule has 0 N–H and O–H groups in total. The molecule has 7 heteroatoms. The van der Waals surface area contributed by atoms with E-state index in [2.05, 4.69) is 24.8 Å². The molecule has 0 radical (unpaired) electrons. The Morgan fingerprint density at radius 2 is 1.56 bits per heavy atom. The van der Waals surface area contributed by atoms with Crippen LogP contribution in [-0.4, -0.2) is 43.8 Å². The van der Waals surface area contributed by atoms with E-state index in [9.17, 15) is 13.2 Å². The largest absolute Gasteiger partial charge is 0.423 e. The number of benzene rings is 2. The summed E-state index contributed by atoms with van der Waals surface area (Å²) in [5, 5.41) is 0.938. The highest BCUT2D eigenvalue weighted by atomic mass is 32.2. The maximum Gasteiger partial charge on any atom is 0.336 e. The normalized spacial score (nSPS) is 16.2. The van der Waals surface area contributed by atoms with Gasteiger partial charge in [-0.1, -0.05) is 26.0 Å². The van der Waals surface area contributed by atoms with E-state index in [1.54, 1.807) is 22.5 Å². The van der Waals surface area contributed by atoms with Crippen molar-refractivity contribution in [3.05, 3.63) is 75.1 Å². The van der Waals surface area contributed by atoms with Crippen molar-refractivity contribution in [1.82, 2.24) is 9.21 Å². The van der Waals surface area contributed by atoms with Crippen LogP contribution in [0.1, 0.15) is 42.0 Å². The van der Waals surface area contributed by atoms with Crippen LogP contribution < -0.4 is 5.63 Å². The lowest BCUT2D eigenvalue weighted by Crippen LogP contribution is -2.48. The van der Waals surface area contributed by atoms with E-state index in [-0.39, 0.29) is 5.63 Å². The standard InChI is InChI=1S/C25H30N2O4S/c1-17(2)20-5-7-22(8-6-20)32(29,30)27-11-9-26(10-12-27)16-21-15-25(28)31-24-14-19(4)18(3)13-23(21)24/h5-8,13-15,17H,9-12,16H2,1-4H3. The van der Waals surface area contributed by atoms with Gasteiger partial charge in [-0.05, 0) is 66.3 Å². The Labute approximate surface area is 189 Å². The minimum atomic E-state index is -3.51. The molecule has 2 aromatic carbocycles. The molecule has 3 aromatic rings. The van der Waals surface area contributed by atoms with Crippen LogP contribution >= 0.6 is 0 Å². The summed E-state index contributed by atoms with van der Waals surface area (Å²) in [6, 6.07) is 12.7. The van der Waals surface area contributed by atoms with Gasteiger partial charge in [0.15, 0.2) is 0 Å². The van der Waals surface area contributed by atoms with Gasteiger partial charge in [0, 0.05) is 44.2 Å². The van der Waals surface area contributed by atoms with Gasteiger partial charge in [-0.25, -0.2) is 13.2 Å². The van der Waals surface area contributed by atoms with Gasteiger partial charge >= 0.3 is 5.63 Å². The molecular formula is C25H30N2O4S. The highest BCUT2D eigenvalue weighted by Gasteiger charge is 2.28. The number of nitrogens with zero attached hydrogens (tertiary/aromatic N) is 2. The molecule has 1 aliphatic heterocycles. The predicted octanol–water partition coefficient (Wildman–Crippen LogP) is 4.04. The number of aryl methyl sites for hydroxylation is 2. The number of rotatable bonds is 5. The smallest absolute Gasteiger partial charge is 0.336 e. The van der Waals surface area contributed by atoms with Crippen LogP contribution in [0, 0.1) is 13.8 Å². The first-order valence-electron chi connectivity index (χ1n) is 11.0. The molecule has 4 rings (SSSR count). The lowest BCUT2D eigenvalue weighted by molar-refractivity contribution is 0.182. The van der Waals surface area contributed by atoms with E-state index >= 15 is 0 Å². The van der Waals surface area contributed by atoms with E-state index in [0.29, 0.717) is 49.1 Å². The third kappa shape index (κ3) is 4.51. The average molecular weight is 455 g/mol. The lowest BCUT2D eigenvalue weighted by Gasteiger charge is -2.34. The van der Waals surface area contributed by atoms with Crippen molar-refractivity contribution in [3.8, 4) is 0 Å². The predicted molar refractivity (Wildman–Crippen MR) is 127 cm³/mol. The summed E-state index contributed by atoms with van der Waals surface area (Å²) in [5.41, 5.74) is 4.51. The molecule has 0 atom stereocenters. The average Bonchev–Trinajstić information content (AvgIpc) is 2.75. The molecule has 6 nitrogen and oxygen atoms in total. The van der Waals surface area contributed by atoms with E-state index in [4.69, 9.17) is 4.42 Å². The van der Waals surface area contributed by atoms with E-state index < -0.39 is 10.0 Å². The first-order valence-corrected chi connectivity index (χ1v) is 12.5. The van der Waals surface area contributed by atoms with Gasteiger partial charge < -0.3 is 4.42 Å². The second kappa shape index (κ2) is 8.81. The molecule has 1 aliphatic rings. The summed E-state index contributed by atoms with van der Waals surface area (Å²) >= 11 is 0. The molecule has 32 heavy (non-hydrogen) atoms. The topological polar surface area (TPSA) is 70.8 Å². The number of hydrogen-bond donors (Lipinski definition) is 0. The number of sulfonamides is 1. The summed E-state index contributed by atoms with van der Waals surface area (Å²) in [6.45, 7) is 10.9. The van der Waals surface area contributed by atoms with Gasteiger partial charge in [0.05, 0.1) is 4.90 Å². The van der Waals surface area contributed by atoms with E-state index in [1.165, 1.54) is 0 Å². The number of hydrogen-bond acceptors (Lipinski definition) is 5. The number of piperazine rings is 1. The van der Waals surface area contributed by atoms with E-state index in [0.717, 1.165) is 27.6 Å². The van der Waals surface area contributed by atoms with Gasteiger partial charge in [0.25, 0.3) is 0 Å². The Balaban J connectivity index is 1.48. The highest BCUT2D eigenvalue weighted by molar-refractivity contribution is 7.89. The first-order chi connectivity index (χ1) is 15.1. The second-order valence-corrected chi connectivity index (χ2v) is 10.9. The molecule has 1 fully saturated rings. The van der Waals surface area contributed by atoms with Crippen molar-refractivity contribution in [3.63, 3.8) is 0 Å². The van der Waals surface area contributed by atoms with Crippen LogP contribution in [-0.2, 0) is 16.6 Å². The summed E-state index contributed by atoms with van der Waals surface area (Å²) in [4.78, 5) is 14.6. The van der Waals surface area contributed by atoms with Crippen molar-refractivity contribution in [2.45, 2.75) is 45.1 Å². The van der Waals surface area contributed by atoms with Crippen LogP contribution in [0.2, 0.25) is 0 Å². The Kier molecular flexibility index (Phi) is 6.25. The fourth-order valence-corrected chi connectivity index (χ4v) is 5.58. The zero-order valence-corrected chi connectivity index (χ0v) is 19.9. The molecule has 2 heterocycles. The molecule has 0 saturated carbocycles. The van der Waals surface area contributed by atoms with Gasteiger partial charge in [-0.2, -0.15) is 4.31 Å². The van der Waals surface area contributed by atoms with Crippen molar-refractivity contribution >= 4 is 21.0 Å². The molecular weight excluding hydrogens is 424 g/mol. The Morgan fingerprint density at radius 3 is 2.19 bits per heavy atom. The Morgan fingerprint density at radius 1 is 0.938 bits per heavy atom. The minimum absolute atomic E-state index is 0.341. The Bertz CT molecular complexity index is 1290. The molecule has 0 spiro atoms. The fraction of sp³-hybridized carbons (Fsp3) is 0.400. The Hall–Kier alpha value is -2.48. The summed E-state index contributed by atoms with van der Waals surface area (Å²) < 4.78 is 33.1. The second-order valence-electron chi connectivity index (χ2n) is 8.93. The molecule has 0 bridgehead atoms. The minimum Gasteiger partial charge on any atom is -0.423 e. The van der Waals surface area contributed by atoms with Gasteiger partial charge in [0.2, 0.25) is 10.0 Å². The molecule has 1 saturated heterocycles. The third-order valence-corrected chi connectivity index (χ3v) is 8.27. The number of fused-ring (bicyclic) bond motifs is 1. The van der Waals surface area contributed by atoms with Crippen LogP contribution in [0.4, 0.5) is 0 Å². The van der Waals surface area contributed by atoms with Crippen LogP contribution in [0.5, 0.6) is 0 Å². The SMILES string of the molecule is Cc1cc2oc(=O)cc(CN3CCN(S(=O)(=O)c4ccc(C(C)C)cc4)CC3)c2cc1C. The fourth-order valence-electron chi connectivity index (χ4n) is 4.16. The zero-order valence-electron chi connectivity index (χ0n) is 19.1. The lowest BCUT2D eigenvalue weighted by atomic mass is 10.0. The molecule has 0 unspecified atom stereocenters. The molecule has 1 aromatic heterocycles. The summed E-state index contributed by atoms with van der Waals surface area (Å²) in [5.74, 6) is 0.361. The van der Waals surface area contributed by atoms with Crippen LogP contribution in [0.3, 0.4) is 0 Å².